The molecule has 3 aromatic rings. The number of hydrogen-bond donors (Lipinski definition) is 0. The second-order valence-electron chi connectivity index (χ2n) is 7.58. The number of nitrogens with zero attached hydrogens (tertiary/aromatic N) is 4. The number of rotatable bonds is 6. The molecule has 0 N–H and O–H groups in total. The van der Waals surface area contributed by atoms with E-state index in [2.05, 4.69) is 4.98 Å². The molecule has 1 saturated heterocycles. The van der Waals surface area contributed by atoms with Crippen molar-refractivity contribution in [3.63, 3.8) is 0 Å². The number of Topliss-reactive ketones (excluding diaryl/α,β-unsaturated/α-hetero) is 1. The lowest BCUT2D eigenvalue weighted by Gasteiger charge is -2.31. The van der Waals surface area contributed by atoms with Crippen LogP contribution in [0.2, 0.25) is 0 Å². The number of likely N-dealkylation sites (tertiary alicyclic amines) is 1. The van der Waals surface area contributed by atoms with E-state index >= 15 is 0 Å². The van der Waals surface area contributed by atoms with Gasteiger partial charge in [0, 0.05) is 31.3 Å². The summed E-state index contributed by atoms with van der Waals surface area (Å²) in [7, 11) is 0. The zero-order valence-corrected chi connectivity index (χ0v) is 17.2. The molecule has 3 heterocycles. The highest BCUT2D eigenvalue weighted by atomic mass is 16.6. The number of amides is 1. The molecule has 0 saturated carbocycles. The van der Waals surface area contributed by atoms with Crippen molar-refractivity contribution in [3.8, 4) is 0 Å². The number of carbonyl (C=O) groups is 2. The first kappa shape index (κ1) is 20.1. The van der Waals surface area contributed by atoms with Crippen molar-refractivity contribution < 1.29 is 14.3 Å². The number of fused-ring (bicyclic) bond motifs is 1. The van der Waals surface area contributed by atoms with Crippen LogP contribution in [-0.4, -0.2) is 51.0 Å². The van der Waals surface area contributed by atoms with Gasteiger partial charge in [0.2, 0.25) is 0 Å². The summed E-state index contributed by atoms with van der Waals surface area (Å²) in [6.45, 7) is 3.82. The minimum atomic E-state index is -0.235. The van der Waals surface area contributed by atoms with E-state index in [4.69, 9.17) is 9.72 Å². The number of hydrogen-bond acceptors (Lipinski definition) is 5. The quantitative estimate of drug-likeness (QED) is 0.583. The molecule has 1 aromatic carbocycles. The minimum absolute atomic E-state index is 0.0529. The smallest absolute Gasteiger partial charge is 0.409 e. The molecular formula is C23H26N4O3. The van der Waals surface area contributed by atoms with Gasteiger partial charge in [-0.05, 0) is 37.8 Å². The molecule has 4 rings (SSSR count). The van der Waals surface area contributed by atoms with Crippen LogP contribution in [0, 0.1) is 5.92 Å². The van der Waals surface area contributed by atoms with Crippen LogP contribution in [0.5, 0.6) is 0 Å². The molecule has 7 heteroatoms. The fourth-order valence-electron chi connectivity index (χ4n) is 3.99. The van der Waals surface area contributed by atoms with Crippen molar-refractivity contribution in [2.24, 2.45) is 5.92 Å². The van der Waals surface area contributed by atoms with E-state index in [0.29, 0.717) is 36.8 Å². The Bertz CT molecular complexity index is 1020. The summed E-state index contributed by atoms with van der Waals surface area (Å²) in [5.74, 6) is 1.33. The maximum Gasteiger partial charge on any atom is 0.409 e. The van der Waals surface area contributed by atoms with Crippen molar-refractivity contribution in [1.29, 1.82) is 0 Å². The Morgan fingerprint density at radius 3 is 2.60 bits per heavy atom. The lowest BCUT2D eigenvalue weighted by atomic mass is 9.93. The van der Waals surface area contributed by atoms with E-state index in [-0.39, 0.29) is 18.4 Å². The monoisotopic (exact) mass is 406 g/mol. The van der Waals surface area contributed by atoms with Crippen LogP contribution < -0.4 is 0 Å². The molecule has 156 valence electrons. The molecule has 0 aliphatic carbocycles. The van der Waals surface area contributed by atoms with E-state index in [9.17, 15) is 9.59 Å². The summed E-state index contributed by atoms with van der Waals surface area (Å²) in [5.41, 5.74) is 2.23. The number of carbonyl (C=O) groups excluding carboxylic acids is 2. The average Bonchev–Trinajstić information content (AvgIpc) is 3.12. The summed E-state index contributed by atoms with van der Waals surface area (Å²) in [5, 5.41) is 0. The van der Waals surface area contributed by atoms with Gasteiger partial charge in [0.1, 0.15) is 5.82 Å². The molecule has 2 aromatic heterocycles. The third kappa shape index (κ3) is 4.35. The average molecular weight is 406 g/mol. The Balaban J connectivity index is 1.51. The number of pyridine rings is 1. The summed E-state index contributed by atoms with van der Waals surface area (Å²) in [4.78, 5) is 35.7. The first-order valence-corrected chi connectivity index (χ1v) is 10.5. The molecule has 0 spiro atoms. The van der Waals surface area contributed by atoms with E-state index in [1.165, 1.54) is 0 Å². The zero-order chi connectivity index (χ0) is 20.9. The zero-order valence-electron chi connectivity index (χ0n) is 17.2. The molecule has 1 aliphatic rings. The molecular weight excluding hydrogens is 380 g/mol. The van der Waals surface area contributed by atoms with Crippen molar-refractivity contribution in [3.05, 3.63) is 60.0 Å². The SMILES string of the molecule is CCOC(=O)N1CCC(Cc2nc3ncccc3n2CC(=O)c2ccccc2)CC1. The Hall–Kier alpha value is -3.22. The summed E-state index contributed by atoms with van der Waals surface area (Å²) in [6.07, 6.45) is 4.03. The first-order valence-electron chi connectivity index (χ1n) is 10.5. The van der Waals surface area contributed by atoms with Gasteiger partial charge in [0.05, 0.1) is 18.7 Å². The second-order valence-corrected chi connectivity index (χ2v) is 7.58. The highest BCUT2D eigenvalue weighted by Crippen LogP contribution is 2.24. The van der Waals surface area contributed by atoms with Crippen LogP contribution >= 0.6 is 0 Å². The summed E-state index contributed by atoms with van der Waals surface area (Å²) >= 11 is 0. The van der Waals surface area contributed by atoms with Gasteiger partial charge >= 0.3 is 6.09 Å². The molecule has 0 bridgehead atoms. The summed E-state index contributed by atoms with van der Waals surface area (Å²) in [6, 6.07) is 13.2. The standard InChI is InChI=1S/C23H26N4O3/c1-2-30-23(29)26-13-10-17(11-14-26)15-21-25-22-19(9-6-12-24-22)27(21)16-20(28)18-7-4-3-5-8-18/h3-9,12,17H,2,10-11,13-16H2,1H3. The predicted molar refractivity (Wildman–Crippen MR) is 113 cm³/mol. The van der Waals surface area contributed by atoms with Crippen molar-refractivity contribution >= 4 is 23.0 Å². The predicted octanol–water partition coefficient (Wildman–Crippen LogP) is 3.73. The van der Waals surface area contributed by atoms with Gasteiger partial charge in [-0.3, -0.25) is 4.79 Å². The largest absolute Gasteiger partial charge is 0.450 e. The minimum Gasteiger partial charge on any atom is -0.450 e. The lowest BCUT2D eigenvalue weighted by molar-refractivity contribution is 0.0910. The van der Waals surface area contributed by atoms with Crippen LogP contribution in [0.1, 0.15) is 35.9 Å². The Morgan fingerprint density at radius 2 is 1.87 bits per heavy atom. The van der Waals surface area contributed by atoms with Gasteiger partial charge in [0.15, 0.2) is 11.4 Å². The van der Waals surface area contributed by atoms with E-state index < -0.39 is 0 Å². The molecule has 0 radical (unpaired) electrons. The number of aromatic nitrogens is 3. The van der Waals surface area contributed by atoms with Crippen LogP contribution in [0.15, 0.2) is 48.7 Å². The number of imidazole rings is 1. The van der Waals surface area contributed by atoms with Crippen LogP contribution in [-0.2, 0) is 17.7 Å². The third-order valence-corrected chi connectivity index (χ3v) is 5.61. The molecule has 7 nitrogen and oxygen atoms in total. The van der Waals surface area contributed by atoms with Gasteiger partial charge in [-0.1, -0.05) is 30.3 Å². The molecule has 1 aliphatic heterocycles. The second kappa shape index (κ2) is 9.07. The maximum atomic E-state index is 12.9. The van der Waals surface area contributed by atoms with Crippen molar-refractivity contribution in [2.45, 2.75) is 32.7 Å². The van der Waals surface area contributed by atoms with Gasteiger partial charge in [-0.25, -0.2) is 14.8 Å². The van der Waals surface area contributed by atoms with Gasteiger partial charge < -0.3 is 14.2 Å². The lowest BCUT2D eigenvalue weighted by Crippen LogP contribution is -2.39. The number of piperidine rings is 1. The van der Waals surface area contributed by atoms with E-state index in [0.717, 1.165) is 30.6 Å². The van der Waals surface area contributed by atoms with Crippen LogP contribution in [0.25, 0.3) is 11.2 Å². The first-order chi connectivity index (χ1) is 14.7. The topological polar surface area (TPSA) is 77.3 Å². The Morgan fingerprint density at radius 1 is 1.10 bits per heavy atom. The van der Waals surface area contributed by atoms with Gasteiger partial charge in [-0.2, -0.15) is 0 Å². The fourth-order valence-corrected chi connectivity index (χ4v) is 3.99. The molecule has 0 atom stereocenters. The summed E-state index contributed by atoms with van der Waals surface area (Å²) < 4.78 is 7.10. The van der Waals surface area contributed by atoms with Crippen LogP contribution in [0.4, 0.5) is 4.79 Å². The Kier molecular flexibility index (Phi) is 6.07. The molecule has 30 heavy (non-hydrogen) atoms. The van der Waals surface area contributed by atoms with Crippen LogP contribution in [0.3, 0.4) is 0 Å². The van der Waals surface area contributed by atoms with Crippen molar-refractivity contribution in [2.75, 3.05) is 19.7 Å². The molecule has 1 amide bonds. The van der Waals surface area contributed by atoms with Crippen molar-refractivity contribution in [1.82, 2.24) is 19.4 Å². The fraction of sp³-hybridized carbons (Fsp3) is 0.391. The third-order valence-electron chi connectivity index (χ3n) is 5.61. The normalized spacial score (nSPS) is 14.8. The number of benzene rings is 1. The number of ether oxygens (including phenoxy) is 1. The highest BCUT2D eigenvalue weighted by Gasteiger charge is 2.26. The molecule has 1 fully saturated rings. The highest BCUT2D eigenvalue weighted by molar-refractivity contribution is 5.96. The van der Waals surface area contributed by atoms with Gasteiger partial charge in [-0.15, -0.1) is 0 Å². The van der Waals surface area contributed by atoms with E-state index in [1.807, 2.05) is 54.0 Å². The van der Waals surface area contributed by atoms with Gasteiger partial charge in [0.25, 0.3) is 0 Å². The van der Waals surface area contributed by atoms with E-state index in [1.54, 1.807) is 11.1 Å². The molecule has 0 unspecified atom stereocenters. The number of ketones is 1. The Labute approximate surface area is 175 Å². The maximum absolute atomic E-state index is 12.9.